The molecule has 5 amide bonds. The molecule has 1 saturated heterocycles. The molecule has 0 aliphatic carbocycles. The molecule has 6 atom stereocenters. The van der Waals surface area contributed by atoms with Crippen molar-refractivity contribution >= 4 is 34.8 Å². The molecular weight excluding hydrogens is 739 g/mol. The summed E-state index contributed by atoms with van der Waals surface area (Å²) in [5.41, 5.74) is 5.25. The van der Waals surface area contributed by atoms with Crippen LogP contribution in [0.3, 0.4) is 0 Å². The molecule has 58 heavy (non-hydrogen) atoms. The number of hydrazine groups is 1. The monoisotopic (exact) mass is 795 g/mol. The van der Waals surface area contributed by atoms with E-state index in [2.05, 4.69) is 21.4 Å². The van der Waals surface area contributed by atoms with Crippen LogP contribution in [0.15, 0.2) is 91.0 Å². The van der Waals surface area contributed by atoms with E-state index in [0.717, 1.165) is 22.0 Å². The van der Waals surface area contributed by atoms with Crippen LogP contribution in [0, 0.1) is 17.3 Å². The highest BCUT2D eigenvalue weighted by Gasteiger charge is 2.43. The minimum Gasteiger partial charge on any atom is -0.497 e. The second kappa shape index (κ2) is 19.6. The number of amides is 5. The molecule has 1 aliphatic rings. The topological polar surface area (TPSA) is 185 Å². The summed E-state index contributed by atoms with van der Waals surface area (Å²) in [4.78, 5) is 60.0. The number of hydrogen-bond donors (Lipinski definition) is 6. The summed E-state index contributed by atoms with van der Waals surface area (Å²) in [6.45, 7) is 9.75. The fourth-order valence-corrected chi connectivity index (χ4v) is 7.40. The predicted molar refractivity (Wildman–Crippen MR) is 221 cm³/mol. The van der Waals surface area contributed by atoms with E-state index in [1.165, 1.54) is 5.01 Å². The fraction of sp³-hybridized carbons (Fsp3) is 0.432. The van der Waals surface area contributed by atoms with E-state index in [1.807, 2.05) is 92.7 Å². The first-order chi connectivity index (χ1) is 27.7. The van der Waals surface area contributed by atoms with Crippen LogP contribution in [0.2, 0.25) is 0 Å². The number of fused-ring (bicyclic) bond motifs is 1. The normalized spacial score (nSPS) is 16.9. The van der Waals surface area contributed by atoms with E-state index < -0.39 is 47.6 Å². The highest BCUT2D eigenvalue weighted by molar-refractivity contribution is 5.86. The van der Waals surface area contributed by atoms with Crippen LogP contribution in [0.4, 0.5) is 9.59 Å². The van der Waals surface area contributed by atoms with E-state index in [1.54, 1.807) is 44.9 Å². The Balaban J connectivity index is 1.42. The number of benzene rings is 3. The number of urea groups is 1. The van der Waals surface area contributed by atoms with E-state index in [-0.39, 0.29) is 50.5 Å². The second-order valence-corrected chi connectivity index (χ2v) is 16.1. The van der Waals surface area contributed by atoms with Gasteiger partial charge < -0.3 is 35.8 Å². The number of aliphatic hydroxyl groups is 1. The van der Waals surface area contributed by atoms with Crippen LogP contribution < -0.4 is 26.1 Å². The lowest BCUT2D eigenvalue weighted by atomic mass is 9.83. The zero-order valence-electron chi connectivity index (χ0n) is 34.1. The summed E-state index contributed by atoms with van der Waals surface area (Å²) in [6, 6.07) is 25.6. The number of hydrogen-bond acceptors (Lipinski definition) is 8. The van der Waals surface area contributed by atoms with E-state index >= 15 is 0 Å². The summed E-state index contributed by atoms with van der Waals surface area (Å²) in [6.07, 6.45) is -1.63. The summed E-state index contributed by atoms with van der Waals surface area (Å²) in [5, 5.41) is 32.6. The van der Waals surface area contributed by atoms with Gasteiger partial charge in [-0.1, -0.05) is 108 Å². The number of ether oxygens (including phenoxy) is 1. The first kappa shape index (κ1) is 43.4. The van der Waals surface area contributed by atoms with E-state index in [4.69, 9.17) is 9.72 Å². The smallest absolute Gasteiger partial charge is 0.405 e. The summed E-state index contributed by atoms with van der Waals surface area (Å²) in [5.74, 6) is -1.04. The molecule has 1 aromatic heterocycles. The van der Waals surface area contributed by atoms with Gasteiger partial charge in [-0.3, -0.25) is 20.0 Å². The van der Waals surface area contributed by atoms with Crippen molar-refractivity contribution in [3.05, 3.63) is 108 Å². The maximum absolute atomic E-state index is 14.7. The van der Waals surface area contributed by atoms with Crippen molar-refractivity contribution < 1.29 is 34.1 Å². The predicted octanol–water partition coefficient (Wildman–Crippen LogP) is 5.10. The van der Waals surface area contributed by atoms with Crippen LogP contribution in [0.25, 0.3) is 10.9 Å². The third kappa shape index (κ3) is 11.4. The molecule has 2 heterocycles. The minimum atomic E-state index is -1.34. The van der Waals surface area contributed by atoms with Crippen molar-refractivity contribution in [1.29, 1.82) is 0 Å². The van der Waals surface area contributed by atoms with Crippen molar-refractivity contribution in [2.75, 3.05) is 20.2 Å². The highest BCUT2D eigenvalue weighted by atomic mass is 16.5. The number of nitrogens with zero attached hydrogens (tertiary/aromatic N) is 3. The number of rotatable bonds is 18. The fourth-order valence-electron chi connectivity index (χ4n) is 7.40. The Morgan fingerprint density at radius 3 is 2.29 bits per heavy atom. The molecule has 0 spiro atoms. The van der Waals surface area contributed by atoms with Crippen molar-refractivity contribution in [3.63, 3.8) is 0 Å². The number of carbonyl (C=O) groups is 4. The Morgan fingerprint density at radius 1 is 0.948 bits per heavy atom. The van der Waals surface area contributed by atoms with Crippen molar-refractivity contribution in [1.82, 2.24) is 36.3 Å². The molecule has 5 rings (SSSR count). The van der Waals surface area contributed by atoms with E-state index in [0.29, 0.717) is 17.9 Å². The van der Waals surface area contributed by atoms with Gasteiger partial charge in [0.15, 0.2) is 0 Å². The van der Waals surface area contributed by atoms with Gasteiger partial charge in [0, 0.05) is 25.0 Å². The highest BCUT2D eigenvalue weighted by Crippen LogP contribution is 2.28. The van der Waals surface area contributed by atoms with E-state index in [9.17, 15) is 29.4 Å². The second-order valence-electron chi connectivity index (χ2n) is 16.1. The van der Waals surface area contributed by atoms with Crippen LogP contribution in [0.5, 0.6) is 5.75 Å². The van der Waals surface area contributed by atoms with Gasteiger partial charge in [-0.2, -0.15) is 0 Å². The molecule has 6 unspecified atom stereocenters. The van der Waals surface area contributed by atoms with Crippen molar-refractivity contribution in [3.8, 4) is 5.75 Å². The summed E-state index contributed by atoms with van der Waals surface area (Å²) < 4.78 is 5.32. The number of aliphatic hydroxyl groups excluding tert-OH is 1. The average Bonchev–Trinajstić information content (AvgIpc) is 3.54. The lowest BCUT2D eigenvalue weighted by Gasteiger charge is -2.36. The molecule has 4 aromatic rings. The van der Waals surface area contributed by atoms with Gasteiger partial charge in [0.2, 0.25) is 5.91 Å². The average molecular weight is 796 g/mol. The maximum Gasteiger partial charge on any atom is 0.405 e. The third-order valence-corrected chi connectivity index (χ3v) is 10.8. The van der Waals surface area contributed by atoms with Crippen molar-refractivity contribution in [2.45, 2.75) is 84.8 Å². The van der Waals surface area contributed by atoms with Gasteiger partial charge in [0.05, 0.1) is 49.0 Å². The zero-order valence-corrected chi connectivity index (χ0v) is 34.1. The van der Waals surface area contributed by atoms with Gasteiger partial charge >= 0.3 is 12.1 Å². The minimum absolute atomic E-state index is 0.128. The summed E-state index contributed by atoms with van der Waals surface area (Å²) in [7, 11) is 1.56. The number of methoxy groups -OCH3 is 1. The molecule has 3 aromatic carbocycles. The lowest BCUT2D eigenvalue weighted by Crippen LogP contribution is -2.59. The number of nitrogens with one attached hydrogen (secondary N) is 4. The van der Waals surface area contributed by atoms with Crippen LogP contribution in [-0.2, 0) is 29.1 Å². The zero-order chi connectivity index (χ0) is 42.0. The van der Waals surface area contributed by atoms with Crippen LogP contribution >= 0.6 is 0 Å². The number of aromatic nitrogens is 1. The Bertz CT molecular complexity index is 2010. The number of carbonyl (C=O) groups excluding carboxylic acids is 3. The lowest BCUT2D eigenvalue weighted by molar-refractivity contribution is -0.133. The largest absolute Gasteiger partial charge is 0.497 e. The molecule has 14 nitrogen and oxygen atoms in total. The Kier molecular flexibility index (Phi) is 14.7. The molecular formula is C44H57N7O7. The molecule has 1 aliphatic heterocycles. The SMILES string of the molecule is CCC(C)C(C(=O)NC(Cc1ccccc1)C(O)CN(Cc1ccc(OC)cc1)NC(=O)C(NC(=O)O)C(C)(C)C)C1CNC(=O)N1Cc1ccc2ccccc2n1. The number of carboxylic acid groups (broad SMARTS) is 1. The van der Waals surface area contributed by atoms with Crippen LogP contribution in [-0.4, -0.2) is 93.5 Å². The van der Waals surface area contributed by atoms with Gasteiger partial charge in [0.1, 0.15) is 11.8 Å². The third-order valence-electron chi connectivity index (χ3n) is 10.8. The Hall–Kier alpha value is -5.73. The standard InChI is InChI=1S/C44H57N7O7/c1-7-28(2)38(36-24-45-42(55)51(36)26-32-20-19-31-15-11-12-16-34(31)46-32)40(53)47-35(23-29-13-9-8-10-14-29)37(52)27-50(25-30-17-21-33(58-6)22-18-30)49-41(54)39(44(3,4)5)48-43(56)57/h8-22,28,35-39,48,52H,7,23-27H2,1-6H3,(H,45,55)(H,47,53)(H,49,54)(H,56,57). The van der Waals surface area contributed by atoms with Gasteiger partial charge in [-0.15, -0.1) is 0 Å². The van der Waals surface area contributed by atoms with Gasteiger partial charge in [-0.05, 0) is 53.1 Å². The first-order valence-corrected chi connectivity index (χ1v) is 19.8. The summed E-state index contributed by atoms with van der Waals surface area (Å²) >= 11 is 0. The maximum atomic E-state index is 14.7. The first-order valence-electron chi connectivity index (χ1n) is 19.8. The number of pyridine rings is 1. The molecule has 0 radical (unpaired) electrons. The molecule has 1 fully saturated rings. The molecule has 0 bridgehead atoms. The van der Waals surface area contributed by atoms with Gasteiger partial charge in [-0.25, -0.2) is 14.6 Å². The molecule has 14 heteroatoms. The quantitative estimate of drug-likeness (QED) is 0.0746. The Labute approximate surface area is 340 Å². The molecule has 6 N–H and O–H groups in total. The molecule has 0 saturated carbocycles. The van der Waals surface area contributed by atoms with Crippen molar-refractivity contribution in [2.24, 2.45) is 17.3 Å². The molecule has 310 valence electrons. The number of para-hydroxylation sites is 1. The Morgan fingerprint density at radius 2 is 1.64 bits per heavy atom. The van der Waals surface area contributed by atoms with Gasteiger partial charge in [0.25, 0.3) is 5.91 Å². The van der Waals surface area contributed by atoms with Crippen LogP contribution in [0.1, 0.15) is 57.9 Å².